The van der Waals surface area contributed by atoms with Crippen LogP contribution in [0.1, 0.15) is 0 Å². The first kappa shape index (κ1) is 15.6. The summed E-state index contributed by atoms with van der Waals surface area (Å²) in [4.78, 5) is 10.8. The SMILES string of the molecule is O=S(=O)(c1ccc(I)cc1)N1CCN(c2ncccn2)CC1. The third kappa shape index (κ3) is 3.23. The van der Waals surface area contributed by atoms with Crippen molar-refractivity contribution in [3.63, 3.8) is 0 Å². The molecule has 0 amide bonds. The Kier molecular flexibility index (Phi) is 4.59. The number of nitrogens with zero attached hydrogens (tertiary/aromatic N) is 4. The van der Waals surface area contributed by atoms with Crippen molar-refractivity contribution < 1.29 is 8.42 Å². The number of benzene rings is 1. The van der Waals surface area contributed by atoms with Crippen LogP contribution in [0.5, 0.6) is 0 Å². The van der Waals surface area contributed by atoms with Gasteiger partial charge in [0.1, 0.15) is 0 Å². The molecule has 8 heteroatoms. The predicted molar refractivity (Wildman–Crippen MR) is 92.2 cm³/mol. The van der Waals surface area contributed by atoms with E-state index in [0.717, 1.165) is 3.57 Å². The van der Waals surface area contributed by atoms with Crippen LogP contribution in [0.3, 0.4) is 0 Å². The summed E-state index contributed by atoms with van der Waals surface area (Å²) >= 11 is 2.16. The lowest BCUT2D eigenvalue weighted by Gasteiger charge is -2.33. The third-order valence-electron chi connectivity index (χ3n) is 3.53. The molecule has 0 spiro atoms. The van der Waals surface area contributed by atoms with Crippen LogP contribution in [-0.2, 0) is 10.0 Å². The Morgan fingerprint density at radius 2 is 1.55 bits per heavy atom. The molecule has 116 valence electrons. The molecule has 1 fully saturated rings. The molecule has 0 N–H and O–H groups in total. The first-order valence-corrected chi connectivity index (χ1v) is 9.37. The molecule has 2 aromatic rings. The van der Waals surface area contributed by atoms with Gasteiger partial charge in [-0.1, -0.05) is 0 Å². The highest BCUT2D eigenvalue weighted by Gasteiger charge is 2.29. The van der Waals surface area contributed by atoms with E-state index in [1.807, 2.05) is 17.0 Å². The van der Waals surface area contributed by atoms with Crippen molar-refractivity contribution in [3.8, 4) is 0 Å². The number of rotatable bonds is 3. The summed E-state index contributed by atoms with van der Waals surface area (Å²) < 4.78 is 27.8. The fourth-order valence-electron chi connectivity index (χ4n) is 2.34. The first-order valence-electron chi connectivity index (χ1n) is 6.85. The van der Waals surface area contributed by atoms with Crippen LogP contribution in [0.15, 0.2) is 47.6 Å². The highest BCUT2D eigenvalue weighted by molar-refractivity contribution is 14.1. The Bertz CT molecular complexity index is 729. The normalized spacial score (nSPS) is 16.7. The monoisotopic (exact) mass is 430 g/mol. The van der Waals surface area contributed by atoms with Gasteiger partial charge in [-0.25, -0.2) is 18.4 Å². The predicted octanol–water partition coefficient (Wildman–Crippen LogP) is 1.59. The molecule has 1 aliphatic heterocycles. The van der Waals surface area contributed by atoms with Gasteiger partial charge in [0.25, 0.3) is 0 Å². The molecule has 1 aliphatic rings. The maximum atomic E-state index is 12.6. The molecule has 6 nitrogen and oxygen atoms in total. The first-order chi connectivity index (χ1) is 10.6. The van der Waals surface area contributed by atoms with Crippen LogP contribution in [0.2, 0.25) is 0 Å². The molecule has 3 rings (SSSR count). The van der Waals surface area contributed by atoms with Crippen molar-refractivity contribution in [1.29, 1.82) is 0 Å². The molecule has 1 aromatic carbocycles. The molecule has 0 aliphatic carbocycles. The van der Waals surface area contributed by atoms with Gasteiger partial charge in [0.05, 0.1) is 4.90 Å². The summed E-state index contributed by atoms with van der Waals surface area (Å²) in [6.45, 7) is 2.06. The summed E-state index contributed by atoms with van der Waals surface area (Å²) in [6.07, 6.45) is 3.38. The van der Waals surface area contributed by atoms with Crippen molar-refractivity contribution in [2.24, 2.45) is 0 Å². The Morgan fingerprint density at radius 1 is 0.955 bits per heavy atom. The number of sulfonamides is 1. The standard InChI is InChI=1S/C14H15IN4O2S/c15-12-2-4-13(5-3-12)22(20,21)19-10-8-18(9-11-19)14-16-6-1-7-17-14/h1-7H,8-11H2. The van der Waals surface area contributed by atoms with Gasteiger partial charge < -0.3 is 4.90 Å². The van der Waals surface area contributed by atoms with E-state index in [1.54, 1.807) is 30.6 Å². The van der Waals surface area contributed by atoms with E-state index in [1.165, 1.54) is 4.31 Å². The van der Waals surface area contributed by atoms with Gasteiger partial charge in [-0.2, -0.15) is 4.31 Å². The number of halogens is 1. The lowest BCUT2D eigenvalue weighted by Crippen LogP contribution is -2.49. The van der Waals surface area contributed by atoms with E-state index >= 15 is 0 Å². The summed E-state index contributed by atoms with van der Waals surface area (Å²) in [5.74, 6) is 0.647. The van der Waals surface area contributed by atoms with Crippen molar-refractivity contribution in [3.05, 3.63) is 46.3 Å². The minimum absolute atomic E-state index is 0.345. The Morgan fingerprint density at radius 3 is 2.14 bits per heavy atom. The lowest BCUT2D eigenvalue weighted by molar-refractivity contribution is 0.382. The quantitative estimate of drug-likeness (QED) is 0.693. The van der Waals surface area contributed by atoms with Gasteiger partial charge in [0.2, 0.25) is 16.0 Å². The maximum Gasteiger partial charge on any atom is 0.243 e. The highest BCUT2D eigenvalue weighted by Crippen LogP contribution is 2.20. The second-order valence-corrected chi connectivity index (χ2v) is 8.08. The van der Waals surface area contributed by atoms with E-state index in [-0.39, 0.29) is 0 Å². The number of hydrogen-bond donors (Lipinski definition) is 0. The second kappa shape index (κ2) is 6.47. The van der Waals surface area contributed by atoms with Crippen molar-refractivity contribution in [2.45, 2.75) is 4.90 Å². The third-order valence-corrected chi connectivity index (χ3v) is 6.16. The van der Waals surface area contributed by atoms with E-state index < -0.39 is 10.0 Å². The minimum Gasteiger partial charge on any atom is -0.338 e. The lowest BCUT2D eigenvalue weighted by atomic mass is 10.4. The van der Waals surface area contributed by atoms with Crippen LogP contribution < -0.4 is 4.90 Å². The number of piperazine rings is 1. The number of anilines is 1. The zero-order chi connectivity index (χ0) is 15.6. The van der Waals surface area contributed by atoms with Crippen LogP contribution in [-0.4, -0.2) is 48.9 Å². The summed E-state index contributed by atoms with van der Waals surface area (Å²) in [7, 11) is -3.42. The second-order valence-electron chi connectivity index (χ2n) is 4.89. The smallest absolute Gasteiger partial charge is 0.243 e. The molecule has 0 saturated carbocycles. The van der Waals surface area contributed by atoms with E-state index in [9.17, 15) is 8.42 Å². The van der Waals surface area contributed by atoms with Crippen molar-refractivity contribution in [2.75, 3.05) is 31.1 Å². The molecule has 0 bridgehead atoms. The van der Waals surface area contributed by atoms with E-state index in [0.29, 0.717) is 37.0 Å². The summed E-state index contributed by atoms with van der Waals surface area (Å²) in [5, 5.41) is 0. The molecule has 2 heterocycles. The molecular formula is C14H15IN4O2S. The zero-order valence-electron chi connectivity index (χ0n) is 11.8. The van der Waals surface area contributed by atoms with Gasteiger partial charge in [-0.3, -0.25) is 0 Å². The molecule has 0 atom stereocenters. The topological polar surface area (TPSA) is 66.4 Å². The summed E-state index contributed by atoms with van der Waals surface area (Å²) in [6, 6.07) is 8.69. The fraction of sp³-hybridized carbons (Fsp3) is 0.286. The average Bonchev–Trinajstić information content (AvgIpc) is 2.56. The maximum absolute atomic E-state index is 12.6. The molecule has 0 radical (unpaired) electrons. The Balaban J connectivity index is 1.72. The van der Waals surface area contributed by atoms with Crippen molar-refractivity contribution >= 4 is 38.6 Å². The molecular weight excluding hydrogens is 415 g/mol. The molecule has 22 heavy (non-hydrogen) atoms. The molecule has 1 saturated heterocycles. The minimum atomic E-state index is -3.42. The summed E-state index contributed by atoms with van der Waals surface area (Å²) in [5.41, 5.74) is 0. The van der Waals surface area contributed by atoms with E-state index in [4.69, 9.17) is 0 Å². The van der Waals surface area contributed by atoms with Gasteiger partial charge in [-0.05, 0) is 52.9 Å². The Labute approximate surface area is 143 Å². The van der Waals surface area contributed by atoms with Crippen LogP contribution in [0.4, 0.5) is 5.95 Å². The number of aromatic nitrogens is 2. The van der Waals surface area contributed by atoms with Gasteiger partial charge in [0, 0.05) is 42.1 Å². The van der Waals surface area contributed by atoms with Crippen LogP contribution in [0.25, 0.3) is 0 Å². The van der Waals surface area contributed by atoms with Gasteiger partial charge in [-0.15, -0.1) is 0 Å². The highest BCUT2D eigenvalue weighted by atomic mass is 127. The largest absolute Gasteiger partial charge is 0.338 e. The van der Waals surface area contributed by atoms with Crippen LogP contribution >= 0.6 is 22.6 Å². The number of hydrogen-bond acceptors (Lipinski definition) is 5. The molecule has 1 aromatic heterocycles. The average molecular weight is 430 g/mol. The fourth-order valence-corrected chi connectivity index (χ4v) is 4.12. The Hall–Kier alpha value is -1.26. The van der Waals surface area contributed by atoms with Gasteiger partial charge >= 0.3 is 0 Å². The van der Waals surface area contributed by atoms with Crippen molar-refractivity contribution in [1.82, 2.24) is 14.3 Å². The zero-order valence-corrected chi connectivity index (χ0v) is 14.7. The molecule has 0 unspecified atom stereocenters. The van der Waals surface area contributed by atoms with Gasteiger partial charge in [0.15, 0.2) is 0 Å². The van der Waals surface area contributed by atoms with Crippen LogP contribution in [0, 0.1) is 3.57 Å². The van der Waals surface area contributed by atoms with E-state index in [2.05, 4.69) is 32.6 Å².